The second-order valence-corrected chi connectivity index (χ2v) is 7.02. The van der Waals surface area contributed by atoms with Gasteiger partial charge >= 0.3 is 0 Å². The van der Waals surface area contributed by atoms with Crippen LogP contribution in [0.5, 0.6) is 5.75 Å². The monoisotopic (exact) mass is 293 g/mol. The van der Waals surface area contributed by atoms with Crippen LogP contribution in [0.1, 0.15) is 52.5 Å². The number of benzene rings is 1. The van der Waals surface area contributed by atoms with Crippen LogP contribution in [0.2, 0.25) is 0 Å². The molecule has 3 heteroatoms. The number of aliphatic hydroxyl groups excluding tert-OH is 1. The Hall–Kier alpha value is -1.06. The van der Waals surface area contributed by atoms with Gasteiger partial charge in [0, 0.05) is 5.54 Å². The molecule has 0 spiro atoms. The molecule has 21 heavy (non-hydrogen) atoms. The molecule has 1 aromatic carbocycles. The van der Waals surface area contributed by atoms with Gasteiger partial charge in [0.1, 0.15) is 5.75 Å². The predicted molar refractivity (Wildman–Crippen MR) is 89.0 cm³/mol. The van der Waals surface area contributed by atoms with Crippen molar-refractivity contribution in [2.24, 2.45) is 0 Å². The maximum Gasteiger partial charge on any atom is 0.123 e. The Kier molecular flexibility index (Phi) is 6.69. The molecule has 1 unspecified atom stereocenters. The Bertz CT molecular complexity index is 419. The zero-order valence-electron chi connectivity index (χ0n) is 14.2. The van der Waals surface area contributed by atoms with E-state index in [0.29, 0.717) is 0 Å². The third kappa shape index (κ3) is 5.68. The first-order valence-electron chi connectivity index (χ1n) is 7.84. The van der Waals surface area contributed by atoms with E-state index in [2.05, 4.69) is 38.2 Å². The molecule has 0 bridgehead atoms. The van der Waals surface area contributed by atoms with Crippen molar-refractivity contribution in [1.29, 1.82) is 0 Å². The fraction of sp³-hybridized carbons (Fsp3) is 0.667. The van der Waals surface area contributed by atoms with E-state index >= 15 is 0 Å². The van der Waals surface area contributed by atoms with Crippen molar-refractivity contribution in [2.45, 2.75) is 57.9 Å². The normalized spacial score (nSPS) is 14.8. The van der Waals surface area contributed by atoms with Crippen molar-refractivity contribution >= 4 is 0 Å². The van der Waals surface area contributed by atoms with Crippen LogP contribution in [-0.2, 0) is 5.41 Å². The third-order valence-corrected chi connectivity index (χ3v) is 4.03. The number of para-hydroxylation sites is 1. The molecule has 3 nitrogen and oxygen atoms in total. The van der Waals surface area contributed by atoms with Crippen molar-refractivity contribution in [2.75, 3.05) is 20.3 Å². The van der Waals surface area contributed by atoms with Crippen molar-refractivity contribution in [1.82, 2.24) is 5.32 Å². The number of ether oxygens (including phenoxy) is 1. The van der Waals surface area contributed by atoms with Crippen LogP contribution >= 0.6 is 0 Å². The van der Waals surface area contributed by atoms with Gasteiger partial charge in [-0.1, -0.05) is 39.0 Å². The average Bonchev–Trinajstić information content (AvgIpc) is 2.46. The van der Waals surface area contributed by atoms with Crippen molar-refractivity contribution < 1.29 is 9.84 Å². The van der Waals surface area contributed by atoms with Crippen LogP contribution in [0.4, 0.5) is 0 Å². The highest BCUT2D eigenvalue weighted by atomic mass is 16.5. The lowest BCUT2D eigenvalue weighted by molar-refractivity contribution is 0.168. The average molecular weight is 293 g/mol. The summed E-state index contributed by atoms with van der Waals surface area (Å²) < 4.78 is 5.96. The quantitative estimate of drug-likeness (QED) is 0.721. The van der Waals surface area contributed by atoms with E-state index in [-0.39, 0.29) is 17.6 Å². The molecule has 0 aliphatic carbocycles. The summed E-state index contributed by atoms with van der Waals surface area (Å²) in [5.41, 5.74) is 1.17. The Labute approximate surface area is 129 Å². The standard InChI is InChI=1S/C18H31NO2/c1-17(2,3)15-10-6-7-11-16(15)21-13-9-8-12-18(4,14-20)19-5/h6-7,10-11,19-20H,8-9,12-14H2,1-5H3. The molecular formula is C18H31NO2. The largest absolute Gasteiger partial charge is 0.493 e. The summed E-state index contributed by atoms with van der Waals surface area (Å²) in [6, 6.07) is 8.27. The minimum absolute atomic E-state index is 0.0954. The van der Waals surface area contributed by atoms with E-state index in [1.54, 1.807) is 0 Å². The third-order valence-electron chi connectivity index (χ3n) is 4.03. The van der Waals surface area contributed by atoms with E-state index in [9.17, 15) is 5.11 Å². The number of rotatable bonds is 8. The fourth-order valence-electron chi connectivity index (χ4n) is 2.29. The van der Waals surface area contributed by atoms with Gasteiger partial charge in [0.05, 0.1) is 13.2 Å². The highest BCUT2D eigenvalue weighted by Crippen LogP contribution is 2.31. The fourth-order valence-corrected chi connectivity index (χ4v) is 2.29. The second-order valence-electron chi connectivity index (χ2n) is 7.02. The van der Waals surface area contributed by atoms with Gasteiger partial charge in [-0.3, -0.25) is 0 Å². The maximum atomic E-state index is 9.35. The van der Waals surface area contributed by atoms with E-state index in [1.165, 1.54) is 5.56 Å². The van der Waals surface area contributed by atoms with Crippen LogP contribution in [0.3, 0.4) is 0 Å². The summed E-state index contributed by atoms with van der Waals surface area (Å²) in [7, 11) is 1.90. The predicted octanol–water partition coefficient (Wildman–Crippen LogP) is 3.50. The Balaban J connectivity index is 2.44. The van der Waals surface area contributed by atoms with Crippen molar-refractivity contribution in [3.05, 3.63) is 29.8 Å². The highest BCUT2D eigenvalue weighted by molar-refractivity contribution is 5.38. The summed E-state index contributed by atoms with van der Waals surface area (Å²) in [4.78, 5) is 0. The van der Waals surface area contributed by atoms with Crippen LogP contribution in [0.15, 0.2) is 24.3 Å². The van der Waals surface area contributed by atoms with Gasteiger partial charge in [-0.25, -0.2) is 0 Å². The first-order valence-corrected chi connectivity index (χ1v) is 7.84. The van der Waals surface area contributed by atoms with Gasteiger partial charge < -0.3 is 15.2 Å². The topological polar surface area (TPSA) is 41.5 Å². The van der Waals surface area contributed by atoms with Gasteiger partial charge in [0.25, 0.3) is 0 Å². The first kappa shape index (κ1) is 18.0. The molecule has 0 fully saturated rings. The molecule has 0 aliphatic heterocycles. The first-order chi connectivity index (χ1) is 9.82. The zero-order valence-corrected chi connectivity index (χ0v) is 14.2. The second kappa shape index (κ2) is 7.81. The SMILES string of the molecule is CNC(C)(CO)CCCCOc1ccccc1C(C)(C)C. The molecule has 120 valence electrons. The van der Waals surface area contributed by atoms with Crippen LogP contribution in [0.25, 0.3) is 0 Å². The van der Waals surface area contributed by atoms with Gasteiger partial charge in [-0.15, -0.1) is 0 Å². The molecular weight excluding hydrogens is 262 g/mol. The maximum absolute atomic E-state index is 9.35. The number of nitrogens with one attached hydrogen (secondary N) is 1. The number of hydrogen-bond donors (Lipinski definition) is 2. The highest BCUT2D eigenvalue weighted by Gasteiger charge is 2.20. The molecule has 0 saturated carbocycles. The number of likely N-dealkylation sites (N-methyl/N-ethyl adjacent to an activating group) is 1. The van der Waals surface area contributed by atoms with Crippen molar-refractivity contribution in [3.63, 3.8) is 0 Å². The summed E-state index contributed by atoms with van der Waals surface area (Å²) in [5, 5.41) is 12.5. The molecule has 0 aromatic heterocycles. The Morgan fingerprint density at radius 1 is 1.10 bits per heavy atom. The van der Waals surface area contributed by atoms with Crippen molar-refractivity contribution in [3.8, 4) is 5.75 Å². The molecule has 1 atom stereocenters. The minimum atomic E-state index is -0.177. The number of aliphatic hydroxyl groups is 1. The molecule has 0 heterocycles. The molecule has 1 aromatic rings. The molecule has 2 N–H and O–H groups in total. The molecule has 0 aliphatic rings. The lowest BCUT2D eigenvalue weighted by Crippen LogP contribution is -2.43. The van der Waals surface area contributed by atoms with Gasteiger partial charge in [0.15, 0.2) is 0 Å². The van der Waals surface area contributed by atoms with Gasteiger partial charge in [-0.05, 0) is 50.3 Å². The van der Waals surface area contributed by atoms with E-state index in [4.69, 9.17) is 4.74 Å². The van der Waals surface area contributed by atoms with E-state index in [0.717, 1.165) is 31.6 Å². The van der Waals surface area contributed by atoms with Gasteiger partial charge in [0.2, 0.25) is 0 Å². The summed E-state index contributed by atoms with van der Waals surface area (Å²) >= 11 is 0. The minimum Gasteiger partial charge on any atom is -0.493 e. The molecule has 0 radical (unpaired) electrons. The number of unbranched alkanes of at least 4 members (excludes halogenated alkanes) is 1. The van der Waals surface area contributed by atoms with Gasteiger partial charge in [-0.2, -0.15) is 0 Å². The number of hydrogen-bond acceptors (Lipinski definition) is 3. The Morgan fingerprint density at radius 2 is 1.76 bits per heavy atom. The van der Waals surface area contributed by atoms with Crippen LogP contribution in [-0.4, -0.2) is 30.9 Å². The molecule has 1 rings (SSSR count). The summed E-state index contributed by atoms with van der Waals surface area (Å²) in [5.74, 6) is 0.989. The zero-order chi connectivity index (χ0) is 15.9. The summed E-state index contributed by atoms with van der Waals surface area (Å²) in [6.07, 6.45) is 2.98. The van der Waals surface area contributed by atoms with Crippen LogP contribution < -0.4 is 10.1 Å². The Morgan fingerprint density at radius 3 is 2.33 bits per heavy atom. The van der Waals surface area contributed by atoms with Crippen LogP contribution in [0, 0.1) is 0 Å². The lowest BCUT2D eigenvalue weighted by atomic mass is 9.86. The smallest absolute Gasteiger partial charge is 0.123 e. The molecule has 0 amide bonds. The molecule has 0 saturated heterocycles. The summed E-state index contributed by atoms with van der Waals surface area (Å²) in [6.45, 7) is 9.54. The lowest BCUT2D eigenvalue weighted by Gasteiger charge is -2.26. The van der Waals surface area contributed by atoms with E-state index in [1.807, 2.05) is 26.1 Å². The van der Waals surface area contributed by atoms with E-state index < -0.39 is 0 Å².